The summed E-state index contributed by atoms with van der Waals surface area (Å²) in [6.07, 6.45) is 1.52. The molecular formula is C12H12BrN3O5. The Morgan fingerprint density at radius 3 is 2.62 bits per heavy atom. The maximum Gasteiger partial charge on any atom is 0.326 e. The number of carbonyl (C=O) groups is 2. The van der Waals surface area contributed by atoms with Crippen LogP contribution in [-0.2, 0) is 4.79 Å². The van der Waals surface area contributed by atoms with E-state index in [0.717, 1.165) is 12.8 Å². The molecule has 1 fully saturated rings. The summed E-state index contributed by atoms with van der Waals surface area (Å²) in [5, 5.41) is 24.5. The first-order valence-electron chi connectivity index (χ1n) is 6.12. The summed E-state index contributed by atoms with van der Waals surface area (Å²) in [6.45, 7) is 0. The third kappa shape index (κ3) is 3.91. The number of hydrogen-bond donors (Lipinski definition) is 3. The van der Waals surface area contributed by atoms with Crippen LogP contribution in [0.2, 0.25) is 0 Å². The molecule has 112 valence electrons. The molecule has 21 heavy (non-hydrogen) atoms. The molecule has 3 N–H and O–H groups in total. The van der Waals surface area contributed by atoms with E-state index in [-0.39, 0.29) is 17.3 Å². The van der Waals surface area contributed by atoms with Crippen molar-refractivity contribution in [2.45, 2.75) is 18.9 Å². The first-order chi connectivity index (χ1) is 9.88. The van der Waals surface area contributed by atoms with Gasteiger partial charge in [0.2, 0.25) is 0 Å². The highest BCUT2D eigenvalue weighted by Crippen LogP contribution is 2.33. The highest BCUT2D eigenvalue weighted by molar-refractivity contribution is 9.10. The third-order valence-corrected chi connectivity index (χ3v) is 3.75. The average Bonchev–Trinajstić information content (AvgIpc) is 3.22. The second-order valence-electron chi connectivity index (χ2n) is 4.67. The van der Waals surface area contributed by atoms with Crippen LogP contribution in [0.1, 0.15) is 12.8 Å². The molecule has 8 nitrogen and oxygen atoms in total. The van der Waals surface area contributed by atoms with Crippen molar-refractivity contribution in [2.24, 2.45) is 5.92 Å². The molecule has 9 heteroatoms. The topological polar surface area (TPSA) is 122 Å². The van der Waals surface area contributed by atoms with Crippen molar-refractivity contribution in [2.75, 3.05) is 5.32 Å². The van der Waals surface area contributed by atoms with Gasteiger partial charge in [-0.2, -0.15) is 0 Å². The zero-order valence-electron chi connectivity index (χ0n) is 10.7. The molecule has 0 spiro atoms. The van der Waals surface area contributed by atoms with E-state index in [1.54, 1.807) is 0 Å². The van der Waals surface area contributed by atoms with Gasteiger partial charge < -0.3 is 15.7 Å². The molecule has 1 unspecified atom stereocenters. The average molecular weight is 358 g/mol. The first-order valence-corrected chi connectivity index (χ1v) is 6.92. The van der Waals surface area contributed by atoms with Gasteiger partial charge in [-0.25, -0.2) is 9.59 Å². The number of amides is 2. The van der Waals surface area contributed by atoms with Gasteiger partial charge in [-0.15, -0.1) is 0 Å². The second-order valence-corrected chi connectivity index (χ2v) is 5.53. The van der Waals surface area contributed by atoms with Crippen molar-refractivity contribution in [1.29, 1.82) is 0 Å². The van der Waals surface area contributed by atoms with E-state index in [1.165, 1.54) is 18.2 Å². The molecule has 0 bridgehead atoms. The quantitative estimate of drug-likeness (QED) is 0.551. The number of non-ortho nitro benzene ring substituents is 1. The van der Waals surface area contributed by atoms with Crippen LogP contribution in [0, 0.1) is 16.0 Å². The predicted octanol–water partition coefficient (Wildman–Crippen LogP) is 2.34. The number of carboxylic acid groups (broad SMARTS) is 1. The van der Waals surface area contributed by atoms with E-state index >= 15 is 0 Å². The highest BCUT2D eigenvalue weighted by atomic mass is 79.9. The number of nitro groups is 1. The Hall–Kier alpha value is -2.16. The molecule has 1 aromatic rings. The number of hydrogen-bond acceptors (Lipinski definition) is 4. The second kappa shape index (κ2) is 6.08. The Morgan fingerprint density at radius 1 is 1.43 bits per heavy atom. The van der Waals surface area contributed by atoms with Crippen molar-refractivity contribution in [1.82, 2.24) is 5.32 Å². The van der Waals surface area contributed by atoms with Gasteiger partial charge in [0.25, 0.3) is 5.69 Å². The molecule has 0 saturated heterocycles. The summed E-state index contributed by atoms with van der Waals surface area (Å²) in [6, 6.07) is 2.26. The molecule has 0 aromatic heterocycles. The minimum atomic E-state index is -1.09. The summed E-state index contributed by atoms with van der Waals surface area (Å²) in [7, 11) is 0. The smallest absolute Gasteiger partial charge is 0.326 e. The molecule has 1 atom stereocenters. The number of rotatable bonds is 5. The van der Waals surface area contributed by atoms with Gasteiger partial charge in [-0.05, 0) is 40.8 Å². The molecule has 0 heterocycles. The number of urea groups is 1. The number of carboxylic acids is 1. The third-order valence-electron chi connectivity index (χ3n) is 3.06. The van der Waals surface area contributed by atoms with Gasteiger partial charge in [0, 0.05) is 16.6 Å². The Bertz CT molecular complexity index is 603. The number of benzene rings is 1. The van der Waals surface area contributed by atoms with E-state index in [1.807, 2.05) is 0 Å². The van der Waals surface area contributed by atoms with Gasteiger partial charge >= 0.3 is 12.0 Å². The van der Waals surface area contributed by atoms with E-state index < -0.39 is 23.0 Å². The zero-order valence-corrected chi connectivity index (χ0v) is 12.3. The predicted molar refractivity (Wildman–Crippen MR) is 77.1 cm³/mol. The van der Waals surface area contributed by atoms with E-state index in [4.69, 9.17) is 5.11 Å². The monoisotopic (exact) mass is 357 g/mol. The normalized spacial score (nSPS) is 15.1. The molecule has 0 aliphatic heterocycles. The summed E-state index contributed by atoms with van der Waals surface area (Å²) in [5.74, 6) is -1.15. The Morgan fingerprint density at radius 2 is 2.10 bits per heavy atom. The van der Waals surface area contributed by atoms with Crippen LogP contribution < -0.4 is 10.6 Å². The fourth-order valence-electron chi connectivity index (χ4n) is 1.83. The van der Waals surface area contributed by atoms with Crippen LogP contribution in [0.25, 0.3) is 0 Å². The minimum Gasteiger partial charge on any atom is -0.480 e. The van der Waals surface area contributed by atoms with Gasteiger partial charge in [0.05, 0.1) is 10.6 Å². The number of nitrogens with zero attached hydrogens (tertiary/aromatic N) is 1. The number of halogens is 1. The number of carbonyl (C=O) groups excluding carboxylic acids is 1. The lowest BCUT2D eigenvalue weighted by atomic mass is 10.2. The Kier molecular flexibility index (Phi) is 4.41. The minimum absolute atomic E-state index is 0.0539. The maximum atomic E-state index is 11.8. The van der Waals surface area contributed by atoms with E-state index in [9.17, 15) is 19.7 Å². The zero-order chi connectivity index (χ0) is 15.6. The van der Waals surface area contributed by atoms with Crippen LogP contribution in [0.5, 0.6) is 0 Å². The number of anilines is 1. The summed E-state index contributed by atoms with van der Waals surface area (Å²) in [4.78, 5) is 33.0. The Balaban J connectivity index is 2.06. The molecular weight excluding hydrogens is 346 g/mol. The van der Waals surface area contributed by atoms with Gasteiger partial charge in [0.15, 0.2) is 0 Å². The lowest BCUT2D eigenvalue weighted by Crippen LogP contribution is -2.44. The molecule has 1 aliphatic carbocycles. The summed E-state index contributed by atoms with van der Waals surface area (Å²) in [5.41, 5.74) is 0.0205. The van der Waals surface area contributed by atoms with Crippen molar-refractivity contribution < 1.29 is 19.6 Å². The molecule has 1 aliphatic rings. The van der Waals surface area contributed by atoms with E-state index in [0.29, 0.717) is 4.47 Å². The largest absolute Gasteiger partial charge is 0.480 e. The fourth-order valence-corrected chi connectivity index (χ4v) is 2.18. The first kappa shape index (κ1) is 15.2. The molecule has 2 amide bonds. The van der Waals surface area contributed by atoms with E-state index in [2.05, 4.69) is 26.6 Å². The van der Waals surface area contributed by atoms with Crippen molar-refractivity contribution in [3.63, 3.8) is 0 Å². The molecule has 2 rings (SSSR count). The van der Waals surface area contributed by atoms with Crippen molar-refractivity contribution >= 4 is 39.3 Å². The van der Waals surface area contributed by atoms with Crippen LogP contribution in [0.4, 0.5) is 16.2 Å². The lowest BCUT2D eigenvalue weighted by Gasteiger charge is -2.14. The van der Waals surface area contributed by atoms with Gasteiger partial charge in [0.1, 0.15) is 6.04 Å². The maximum absolute atomic E-state index is 11.8. The lowest BCUT2D eigenvalue weighted by molar-refractivity contribution is -0.384. The highest BCUT2D eigenvalue weighted by Gasteiger charge is 2.37. The number of nitrogens with one attached hydrogen (secondary N) is 2. The van der Waals surface area contributed by atoms with Gasteiger partial charge in [-0.1, -0.05) is 0 Å². The standard InChI is InChI=1S/C12H12BrN3O5/c13-8-4-3-7(16(20)21)5-9(8)14-12(19)15-10(11(17)18)6-1-2-6/h3-6,10H,1-2H2,(H,17,18)(H2,14,15,19). The Labute approximate surface area is 127 Å². The van der Waals surface area contributed by atoms with Crippen LogP contribution >= 0.6 is 15.9 Å². The molecule has 1 saturated carbocycles. The van der Waals surface area contributed by atoms with Gasteiger partial charge in [-0.3, -0.25) is 10.1 Å². The molecule has 1 aromatic carbocycles. The summed E-state index contributed by atoms with van der Waals surface area (Å²) < 4.78 is 0.460. The van der Waals surface area contributed by atoms with Crippen LogP contribution in [0.15, 0.2) is 22.7 Å². The molecule has 0 radical (unpaired) electrons. The fraction of sp³-hybridized carbons (Fsp3) is 0.333. The number of nitro benzene ring substituents is 1. The van der Waals surface area contributed by atoms with Crippen molar-refractivity contribution in [3.05, 3.63) is 32.8 Å². The van der Waals surface area contributed by atoms with Crippen LogP contribution in [0.3, 0.4) is 0 Å². The van der Waals surface area contributed by atoms with Crippen LogP contribution in [-0.4, -0.2) is 28.1 Å². The number of aliphatic carboxylic acids is 1. The van der Waals surface area contributed by atoms with Crippen molar-refractivity contribution in [3.8, 4) is 0 Å². The summed E-state index contributed by atoms with van der Waals surface area (Å²) >= 11 is 3.16. The SMILES string of the molecule is O=C(Nc1cc([N+](=O)[O-])ccc1Br)NC(C(=O)O)C1CC1.